The maximum atomic E-state index is 3.81. The maximum Gasteiger partial charge on any atom is 0.0299 e. The van der Waals surface area contributed by atoms with Crippen molar-refractivity contribution < 1.29 is 0 Å². The quantitative estimate of drug-likeness (QED) is 0.739. The highest BCUT2D eigenvalue weighted by molar-refractivity contribution is 9.09. The number of benzene rings is 1. The summed E-state index contributed by atoms with van der Waals surface area (Å²) in [5.74, 6) is 0.807. The summed E-state index contributed by atoms with van der Waals surface area (Å²) in [6, 6.07) is 4.61. The summed E-state index contributed by atoms with van der Waals surface area (Å²) in [4.78, 5) is 3.24. The number of hydrogen-bond acceptors (Lipinski definition) is 1. The van der Waals surface area contributed by atoms with Gasteiger partial charge in [-0.05, 0) is 56.3 Å². The van der Waals surface area contributed by atoms with Gasteiger partial charge in [0.1, 0.15) is 0 Å². The smallest absolute Gasteiger partial charge is 0.0299 e. The molecule has 0 amide bonds. The normalized spacial score (nSPS) is 25.4. The molecule has 2 atom stereocenters. The molecule has 2 heteroatoms. The summed E-state index contributed by atoms with van der Waals surface area (Å²) in [7, 11) is 0. The minimum atomic E-state index is 0.650. The molecule has 1 nitrogen and oxygen atoms in total. The van der Waals surface area contributed by atoms with Crippen LogP contribution in [-0.2, 0) is 6.54 Å². The lowest BCUT2D eigenvalue weighted by Crippen LogP contribution is -2.39. The first-order valence-electron chi connectivity index (χ1n) is 6.90. The minimum absolute atomic E-state index is 0.650. The molecule has 1 aliphatic heterocycles. The maximum absolute atomic E-state index is 3.81. The molecule has 100 valence electrons. The van der Waals surface area contributed by atoms with E-state index in [0.29, 0.717) is 4.83 Å². The lowest BCUT2D eigenvalue weighted by molar-refractivity contribution is 0.193. The van der Waals surface area contributed by atoms with Gasteiger partial charge in [-0.3, -0.25) is 4.90 Å². The summed E-state index contributed by atoms with van der Waals surface area (Å²) < 4.78 is 0. The molecular formula is C16H24BrN. The lowest BCUT2D eigenvalue weighted by Gasteiger charge is -2.34. The third-order valence-electron chi connectivity index (χ3n) is 4.17. The van der Waals surface area contributed by atoms with Gasteiger partial charge in [-0.2, -0.15) is 0 Å². The molecule has 0 spiro atoms. The first kappa shape index (κ1) is 14.1. The Morgan fingerprint density at radius 3 is 2.39 bits per heavy atom. The zero-order valence-corrected chi connectivity index (χ0v) is 13.5. The van der Waals surface area contributed by atoms with Crippen molar-refractivity contribution in [1.82, 2.24) is 4.90 Å². The van der Waals surface area contributed by atoms with Crippen LogP contribution < -0.4 is 0 Å². The van der Waals surface area contributed by atoms with Crippen molar-refractivity contribution in [3.05, 3.63) is 34.4 Å². The number of rotatable bonds is 2. The molecule has 2 rings (SSSR count). The van der Waals surface area contributed by atoms with E-state index in [0.717, 1.165) is 12.5 Å². The average molecular weight is 310 g/mol. The Morgan fingerprint density at radius 1 is 1.22 bits per heavy atom. The zero-order valence-electron chi connectivity index (χ0n) is 12.0. The second kappa shape index (κ2) is 5.75. The Morgan fingerprint density at radius 2 is 1.83 bits per heavy atom. The molecule has 0 aromatic heterocycles. The van der Waals surface area contributed by atoms with E-state index in [2.05, 4.69) is 60.7 Å². The third kappa shape index (κ3) is 3.16. The van der Waals surface area contributed by atoms with Crippen molar-refractivity contribution in [3.63, 3.8) is 0 Å². The molecule has 1 aromatic carbocycles. The van der Waals surface area contributed by atoms with Gasteiger partial charge in [0.15, 0.2) is 0 Å². The van der Waals surface area contributed by atoms with Gasteiger partial charge in [0.2, 0.25) is 0 Å². The van der Waals surface area contributed by atoms with Gasteiger partial charge < -0.3 is 0 Å². The summed E-state index contributed by atoms with van der Waals surface area (Å²) >= 11 is 3.81. The standard InChI is InChI=1S/C16H24BrN/c1-11-7-13(3)15(14(4)8-11)9-18-6-5-12(2)16(17)10-18/h7-8,12,16H,5-6,9-10H2,1-4H3. The minimum Gasteiger partial charge on any atom is -0.298 e. The van der Waals surface area contributed by atoms with E-state index in [-0.39, 0.29) is 0 Å². The fourth-order valence-corrected chi connectivity index (χ4v) is 3.59. The first-order valence-corrected chi connectivity index (χ1v) is 7.82. The molecule has 2 unspecified atom stereocenters. The molecule has 18 heavy (non-hydrogen) atoms. The van der Waals surface area contributed by atoms with Crippen molar-refractivity contribution in [2.24, 2.45) is 5.92 Å². The number of halogens is 1. The Hall–Kier alpha value is -0.340. The van der Waals surface area contributed by atoms with Gasteiger partial charge in [0.05, 0.1) is 0 Å². The zero-order chi connectivity index (χ0) is 13.3. The molecule has 1 saturated heterocycles. The molecule has 0 radical (unpaired) electrons. The van der Waals surface area contributed by atoms with Crippen LogP contribution in [0.1, 0.15) is 35.6 Å². The molecule has 1 aliphatic rings. The molecule has 1 heterocycles. The highest BCUT2D eigenvalue weighted by Crippen LogP contribution is 2.26. The molecule has 0 aliphatic carbocycles. The number of aryl methyl sites for hydroxylation is 3. The van der Waals surface area contributed by atoms with Crippen LogP contribution in [0.3, 0.4) is 0 Å². The number of hydrogen-bond donors (Lipinski definition) is 0. The van der Waals surface area contributed by atoms with Crippen LogP contribution in [0.2, 0.25) is 0 Å². The van der Waals surface area contributed by atoms with Gasteiger partial charge in [-0.15, -0.1) is 0 Å². The van der Waals surface area contributed by atoms with Crippen molar-refractivity contribution >= 4 is 15.9 Å². The van der Waals surface area contributed by atoms with E-state index in [9.17, 15) is 0 Å². The Balaban J connectivity index is 2.10. The van der Waals surface area contributed by atoms with E-state index < -0.39 is 0 Å². The van der Waals surface area contributed by atoms with E-state index >= 15 is 0 Å². The van der Waals surface area contributed by atoms with Crippen molar-refractivity contribution in [1.29, 1.82) is 0 Å². The Labute approximate surface area is 120 Å². The Kier molecular flexibility index (Phi) is 4.50. The predicted molar refractivity (Wildman–Crippen MR) is 82.4 cm³/mol. The summed E-state index contributed by atoms with van der Waals surface area (Å²) in [5.41, 5.74) is 5.78. The number of alkyl halides is 1. The van der Waals surface area contributed by atoms with E-state index in [1.807, 2.05) is 0 Å². The van der Waals surface area contributed by atoms with Crippen LogP contribution in [0.25, 0.3) is 0 Å². The second-order valence-electron chi connectivity index (χ2n) is 5.89. The predicted octanol–water partition coefficient (Wildman–Crippen LogP) is 4.22. The highest BCUT2D eigenvalue weighted by atomic mass is 79.9. The molecule has 0 N–H and O–H groups in total. The van der Waals surface area contributed by atoms with Crippen LogP contribution >= 0.6 is 15.9 Å². The fraction of sp³-hybridized carbons (Fsp3) is 0.625. The summed E-state index contributed by atoms with van der Waals surface area (Å²) in [6.45, 7) is 12.5. The Bertz CT molecular complexity index is 404. The van der Waals surface area contributed by atoms with Gasteiger partial charge in [0, 0.05) is 17.9 Å². The second-order valence-corrected chi connectivity index (χ2v) is 7.07. The van der Waals surface area contributed by atoms with E-state index in [1.165, 1.54) is 41.8 Å². The monoisotopic (exact) mass is 309 g/mol. The van der Waals surface area contributed by atoms with Crippen LogP contribution in [0.4, 0.5) is 0 Å². The summed E-state index contributed by atoms with van der Waals surface area (Å²) in [6.07, 6.45) is 1.31. The highest BCUT2D eigenvalue weighted by Gasteiger charge is 2.24. The number of nitrogens with zero attached hydrogens (tertiary/aromatic N) is 1. The SMILES string of the molecule is Cc1cc(C)c(CN2CCC(C)C(Br)C2)c(C)c1. The topological polar surface area (TPSA) is 3.24 Å². The van der Waals surface area contributed by atoms with Crippen LogP contribution in [0, 0.1) is 26.7 Å². The van der Waals surface area contributed by atoms with Gasteiger partial charge in [-0.1, -0.05) is 40.5 Å². The largest absolute Gasteiger partial charge is 0.298 e. The van der Waals surface area contributed by atoms with E-state index in [1.54, 1.807) is 0 Å². The molecule has 1 fully saturated rings. The third-order valence-corrected chi connectivity index (χ3v) is 5.36. The van der Waals surface area contributed by atoms with Crippen LogP contribution in [0.15, 0.2) is 12.1 Å². The van der Waals surface area contributed by atoms with Gasteiger partial charge >= 0.3 is 0 Å². The van der Waals surface area contributed by atoms with Crippen molar-refractivity contribution in [2.45, 2.75) is 45.5 Å². The first-order chi connectivity index (χ1) is 8.47. The molecule has 0 bridgehead atoms. The van der Waals surface area contributed by atoms with Gasteiger partial charge in [-0.25, -0.2) is 0 Å². The molecule has 0 saturated carbocycles. The number of likely N-dealkylation sites (tertiary alicyclic amines) is 1. The van der Waals surface area contributed by atoms with Crippen molar-refractivity contribution in [2.75, 3.05) is 13.1 Å². The lowest BCUT2D eigenvalue weighted by atomic mass is 9.96. The number of piperidine rings is 1. The van der Waals surface area contributed by atoms with Crippen LogP contribution in [0.5, 0.6) is 0 Å². The fourth-order valence-electron chi connectivity index (χ4n) is 2.91. The summed E-state index contributed by atoms with van der Waals surface area (Å²) in [5, 5.41) is 0. The van der Waals surface area contributed by atoms with Crippen LogP contribution in [-0.4, -0.2) is 22.8 Å². The molecular weight excluding hydrogens is 286 g/mol. The molecule has 1 aromatic rings. The van der Waals surface area contributed by atoms with E-state index in [4.69, 9.17) is 0 Å². The average Bonchev–Trinajstić information content (AvgIpc) is 2.28. The van der Waals surface area contributed by atoms with Crippen molar-refractivity contribution in [3.8, 4) is 0 Å². The van der Waals surface area contributed by atoms with Gasteiger partial charge in [0.25, 0.3) is 0 Å².